The van der Waals surface area contributed by atoms with Crippen LogP contribution in [0.15, 0.2) is 46.1 Å². The Morgan fingerprint density at radius 2 is 2.14 bits per heavy atom. The van der Waals surface area contributed by atoms with Gasteiger partial charge in [0.15, 0.2) is 0 Å². The fourth-order valence-corrected chi connectivity index (χ4v) is 3.87. The van der Waals surface area contributed by atoms with Gasteiger partial charge in [0.1, 0.15) is 16.5 Å². The van der Waals surface area contributed by atoms with E-state index in [0.29, 0.717) is 22.0 Å². The van der Waals surface area contributed by atoms with E-state index in [-0.39, 0.29) is 10.8 Å². The van der Waals surface area contributed by atoms with Crippen LogP contribution in [0.1, 0.15) is 27.4 Å². The van der Waals surface area contributed by atoms with E-state index in [1.807, 2.05) is 13.8 Å². The second-order valence-corrected chi connectivity index (χ2v) is 7.30. The Kier molecular flexibility index (Phi) is 6.71. The maximum atomic E-state index is 12.7. The zero-order valence-electron chi connectivity index (χ0n) is 15.4. The number of aromatic nitrogens is 2. The molecule has 0 spiro atoms. The van der Waals surface area contributed by atoms with Gasteiger partial charge in [0.25, 0.3) is 5.91 Å². The second kappa shape index (κ2) is 9.23. The van der Waals surface area contributed by atoms with Crippen LogP contribution in [-0.4, -0.2) is 22.7 Å². The van der Waals surface area contributed by atoms with Crippen molar-refractivity contribution >= 4 is 35.0 Å². The topological polar surface area (TPSA) is 77.2 Å². The van der Waals surface area contributed by atoms with Crippen LogP contribution in [0.5, 0.6) is 5.75 Å². The third-order valence-electron chi connectivity index (χ3n) is 3.96. The average Bonchev–Trinajstić information content (AvgIpc) is 3.00. The molecule has 0 saturated heterocycles. The molecule has 0 atom stereocenters. The smallest absolute Gasteiger partial charge is 0.387 e. The number of thioether (sulfide) groups is 1. The van der Waals surface area contributed by atoms with Crippen LogP contribution in [0, 0.1) is 13.8 Å². The fourth-order valence-electron chi connectivity index (χ4n) is 2.50. The summed E-state index contributed by atoms with van der Waals surface area (Å²) >= 11 is 7.31. The molecular weight excluding hydrogens is 424 g/mol. The monoisotopic (exact) mass is 439 g/mol. The van der Waals surface area contributed by atoms with Gasteiger partial charge in [0.2, 0.25) is 0 Å². The van der Waals surface area contributed by atoms with Crippen LogP contribution in [0.4, 0.5) is 14.5 Å². The number of aryl methyl sites for hydroxylation is 2. The molecule has 0 unspecified atom stereocenters. The summed E-state index contributed by atoms with van der Waals surface area (Å²) < 4.78 is 34.1. The number of nitrogens with one attached hydrogen (secondary N) is 1. The summed E-state index contributed by atoms with van der Waals surface area (Å²) in [6.07, 6.45) is 1.60. The summed E-state index contributed by atoms with van der Waals surface area (Å²) in [6, 6.07) is 7.33. The number of carbonyl (C=O) groups excluding carboxylic acids is 1. The molecular formula is C19H16ClF2N3O3S. The van der Waals surface area contributed by atoms with Crippen molar-refractivity contribution in [1.82, 2.24) is 10.1 Å². The molecule has 0 radical (unpaired) electrons. The number of pyridine rings is 1. The standard InChI is InChI=1S/C19H16ClF2N3O3S/c1-10-14(11(2)28-25-10)9-29-18-13(4-3-7-23-18)17(26)24-12-5-6-16(15(20)8-12)27-19(21)22/h3-8,19H,9H2,1-2H3,(H,24,26). The van der Waals surface area contributed by atoms with Crippen LogP contribution in [0.2, 0.25) is 5.02 Å². The molecule has 1 N–H and O–H groups in total. The summed E-state index contributed by atoms with van der Waals surface area (Å²) in [5, 5.41) is 7.10. The fraction of sp³-hybridized carbons (Fsp3) is 0.211. The summed E-state index contributed by atoms with van der Waals surface area (Å²) in [5.41, 5.74) is 2.45. The van der Waals surface area contributed by atoms with Gasteiger partial charge in [-0.2, -0.15) is 8.78 Å². The molecule has 6 nitrogen and oxygen atoms in total. The molecule has 3 aromatic rings. The van der Waals surface area contributed by atoms with Crippen LogP contribution >= 0.6 is 23.4 Å². The highest BCUT2D eigenvalue weighted by Crippen LogP contribution is 2.30. The summed E-state index contributed by atoms with van der Waals surface area (Å²) in [6.45, 7) is 0.692. The maximum Gasteiger partial charge on any atom is 0.387 e. The van der Waals surface area contributed by atoms with Crippen molar-refractivity contribution in [2.24, 2.45) is 0 Å². The molecule has 2 heterocycles. The van der Waals surface area contributed by atoms with Gasteiger partial charge in [-0.25, -0.2) is 4.98 Å². The third kappa shape index (κ3) is 5.24. The lowest BCUT2D eigenvalue weighted by atomic mass is 10.2. The normalized spacial score (nSPS) is 11.0. The zero-order chi connectivity index (χ0) is 21.0. The summed E-state index contributed by atoms with van der Waals surface area (Å²) in [7, 11) is 0. The van der Waals surface area contributed by atoms with Gasteiger partial charge in [-0.3, -0.25) is 4.79 Å². The minimum Gasteiger partial charge on any atom is -0.433 e. The molecule has 1 aromatic carbocycles. The number of hydrogen-bond acceptors (Lipinski definition) is 6. The van der Waals surface area contributed by atoms with Crippen molar-refractivity contribution in [1.29, 1.82) is 0 Å². The van der Waals surface area contributed by atoms with Gasteiger partial charge in [0, 0.05) is 23.2 Å². The first-order chi connectivity index (χ1) is 13.8. The van der Waals surface area contributed by atoms with Crippen molar-refractivity contribution < 1.29 is 22.8 Å². The average molecular weight is 440 g/mol. The van der Waals surface area contributed by atoms with Crippen molar-refractivity contribution in [3.05, 3.63) is 64.1 Å². The van der Waals surface area contributed by atoms with E-state index in [1.54, 1.807) is 18.3 Å². The van der Waals surface area contributed by atoms with Gasteiger partial charge in [-0.05, 0) is 44.2 Å². The number of anilines is 1. The lowest BCUT2D eigenvalue weighted by molar-refractivity contribution is -0.0497. The molecule has 0 aliphatic carbocycles. The largest absolute Gasteiger partial charge is 0.433 e. The molecule has 29 heavy (non-hydrogen) atoms. The Hall–Kier alpha value is -2.65. The first-order valence-corrected chi connectivity index (χ1v) is 9.76. The lowest BCUT2D eigenvalue weighted by Crippen LogP contribution is -2.14. The van der Waals surface area contributed by atoms with E-state index in [2.05, 4.69) is 20.2 Å². The van der Waals surface area contributed by atoms with Gasteiger partial charge < -0.3 is 14.6 Å². The number of carbonyl (C=O) groups is 1. The lowest BCUT2D eigenvalue weighted by Gasteiger charge is -2.11. The van der Waals surface area contributed by atoms with E-state index < -0.39 is 12.5 Å². The van der Waals surface area contributed by atoms with E-state index >= 15 is 0 Å². The van der Waals surface area contributed by atoms with Gasteiger partial charge in [0.05, 0.1) is 16.3 Å². The number of benzene rings is 1. The summed E-state index contributed by atoms with van der Waals surface area (Å²) in [5.74, 6) is 0.691. The molecule has 10 heteroatoms. The maximum absolute atomic E-state index is 12.7. The quantitative estimate of drug-likeness (QED) is 0.491. The molecule has 0 aliphatic heterocycles. The number of ether oxygens (including phenoxy) is 1. The van der Waals surface area contributed by atoms with E-state index in [0.717, 1.165) is 17.0 Å². The molecule has 3 rings (SSSR count). The van der Waals surface area contributed by atoms with Gasteiger partial charge in [-0.15, -0.1) is 11.8 Å². The molecule has 0 aliphatic rings. The predicted molar refractivity (Wildman–Crippen MR) is 106 cm³/mol. The predicted octanol–water partition coefficient (Wildman–Crippen LogP) is 5.49. The second-order valence-electron chi connectivity index (χ2n) is 5.93. The highest BCUT2D eigenvalue weighted by molar-refractivity contribution is 7.98. The SMILES string of the molecule is Cc1noc(C)c1CSc1ncccc1C(=O)Nc1ccc(OC(F)F)c(Cl)c1. The van der Waals surface area contributed by atoms with Crippen molar-refractivity contribution in [2.45, 2.75) is 31.2 Å². The highest BCUT2D eigenvalue weighted by Gasteiger charge is 2.17. The Morgan fingerprint density at radius 1 is 1.34 bits per heavy atom. The first kappa shape index (κ1) is 21.1. The van der Waals surface area contributed by atoms with E-state index in [1.165, 1.54) is 30.0 Å². The molecule has 2 aromatic heterocycles. The van der Waals surface area contributed by atoms with E-state index in [9.17, 15) is 13.6 Å². The number of hydrogen-bond donors (Lipinski definition) is 1. The number of nitrogens with zero attached hydrogens (tertiary/aromatic N) is 2. The van der Waals surface area contributed by atoms with Crippen LogP contribution < -0.4 is 10.1 Å². The van der Waals surface area contributed by atoms with Gasteiger partial charge >= 0.3 is 6.61 Å². The third-order valence-corrected chi connectivity index (χ3v) is 5.28. The highest BCUT2D eigenvalue weighted by atomic mass is 35.5. The Bertz CT molecular complexity index is 1010. The van der Waals surface area contributed by atoms with Crippen LogP contribution in [-0.2, 0) is 5.75 Å². The van der Waals surface area contributed by atoms with Crippen molar-refractivity contribution in [3.63, 3.8) is 0 Å². The molecule has 1 amide bonds. The minimum atomic E-state index is -2.99. The minimum absolute atomic E-state index is 0.0395. The van der Waals surface area contributed by atoms with Gasteiger partial charge in [-0.1, -0.05) is 16.8 Å². The summed E-state index contributed by atoms with van der Waals surface area (Å²) in [4.78, 5) is 17.0. The van der Waals surface area contributed by atoms with Crippen LogP contribution in [0.3, 0.4) is 0 Å². The Morgan fingerprint density at radius 3 is 2.79 bits per heavy atom. The molecule has 0 saturated carbocycles. The number of amides is 1. The Labute approximate surface area is 174 Å². The number of alkyl halides is 2. The van der Waals surface area contributed by atoms with E-state index in [4.69, 9.17) is 16.1 Å². The van der Waals surface area contributed by atoms with Crippen molar-refractivity contribution in [2.75, 3.05) is 5.32 Å². The Balaban J connectivity index is 1.74. The molecule has 0 bridgehead atoms. The first-order valence-electron chi connectivity index (χ1n) is 8.40. The number of halogens is 3. The van der Waals surface area contributed by atoms with Crippen LogP contribution in [0.25, 0.3) is 0 Å². The van der Waals surface area contributed by atoms with Crippen molar-refractivity contribution in [3.8, 4) is 5.75 Å². The number of rotatable bonds is 7. The molecule has 152 valence electrons. The molecule has 0 fully saturated rings. The zero-order valence-corrected chi connectivity index (χ0v) is 17.0.